The molecule has 2 heterocycles. The van der Waals surface area contributed by atoms with Crippen LogP contribution >= 0.6 is 23.4 Å². The molecule has 0 saturated carbocycles. The fourth-order valence-corrected chi connectivity index (χ4v) is 3.08. The van der Waals surface area contributed by atoms with Crippen LogP contribution in [-0.4, -0.2) is 53.1 Å². The van der Waals surface area contributed by atoms with Gasteiger partial charge in [0, 0.05) is 35.8 Å². The van der Waals surface area contributed by atoms with Gasteiger partial charge in [-0.3, -0.25) is 4.79 Å². The number of morpholine rings is 1. The molecule has 1 saturated heterocycles. The summed E-state index contributed by atoms with van der Waals surface area (Å²) in [6, 6.07) is 7.24. The molecule has 1 amide bonds. The predicted octanol–water partition coefficient (Wildman–Crippen LogP) is 2.73. The van der Waals surface area contributed by atoms with Crippen LogP contribution in [0.15, 0.2) is 33.9 Å². The van der Waals surface area contributed by atoms with Gasteiger partial charge in [0.1, 0.15) is 0 Å². The van der Waals surface area contributed by atoms with Crippen molar-refractivity contribution < 1.29 is 13.9 Å². The molecule has 122 valence electrons. The zero-order valence-corrected chi connectivity index (χ0v) is 14.0. The number of carbonyl (C=O) groups is 1. The van der Waals surface area contributed by atoms with E-state index in [4.69, 9.17) is 20.8 Å². The quantitative estimate of drug-likeness (QED) is 0.770. The number of aromatic nitrogens is 2. The molecule has 6 nitrogen and oxygen atoms in total. The maximum atomic E-state index is 12.0. The minimum atomic E-state index is 0.135. The molecule has 1 fully saturated rings. The average molecular weight is 354 g/mol. The first-order valence-electron chi connectivity index (χ1n) is 7.30. The van der Waals surface area contributed by atoms with Crippen LogP contribution in [0.2, 0.25) is 5.02 Å². The van der Waals surface area contributed by atoms with Crippen molar-refractivity contribution in [1.29, 1.82) is 0 Å². The third-order valence-electron chi connectivity index (χ3n) is 3.38. The molecule has 23 heavy (non-hydrogen) atoms. The number of ether oxygens (including phenoxy) is 1. The van der Waals surface area contributed by atoms with Gasteiger partial charge in [0.05, 0.1) is 13.2 Å². The summed E-state index contributed by atoms with van der Waals surface area (Å²) in [6.07, 6.45) is 0.444. The Bertz CT molecular complexity index is 673. The van der Waals surface area contributed by atoms with Crippen LogP contribution in [0, 0.1) is 0 Å². The maximum Gasteiger partial charge on any atom is 0.276 e. The third kappa shape index (κ3) is 4.46. The summed E-state index contributed by atoms with van der Waals surface area (Å²) in [4.78, 5) is 13.9. The van der Waals surface area contributed by atoms with Crippen LogP contribution in [0.5, 0.6) is 0 Å². The van der Waals surface area contributed by atoms with E-state index in [1.807, 2.05) is 17.0 Å². The van der Waals surface area contributed by atoms with E-state index in [9.17, 15) is 4.79 Å². The van der Waals surface area contributed by atoms with E-state index in [2.05, 4.69) is 10.2 Å². The number of rotatable bonds is 5. The summed E-state index contributed by atoms with van der Waals surface area (Å²) in [5.74, 6) is 1.16. The Labute approximate surface area is 143 Å². The number of hydrogen-bond donors (Lipinski definition) is 0. The maximum absolute atomic E-state index is 12.0. The molecule has 0 bridgehead atoms. The average Bonchev–Trinajstić information content (AvgIpc) is 3.04. The van der Waals surface area contributed by atoms with Gasteiger partial charge >= 0.3 is 0 Å². The molecule has 1 aliphatic heterocycles. The Morgan fingerprint density at radius 3 is 2.91 bits per heavy atom. The third-order valence-corrected chi connectivity index (χ3v) is 4.44. The Hall–Kier alpha value is -1.57. The minimum Gasteiger partial charge on any atom is -0.411 e. The molecule has 0 N–H and O–H groups in total. The predicted molar refractivity (Wildman–Crippen MR) is 87.5 cm³/mol. The number of thioether (sulfide) groups is 1. The van der Waals surface area contributed by atoms with Gasteiger partial charge in [-0.25, -0.2) is 0 Å². The number of hydrogen-bond acceptors (Lipinski definition) is 6. The molecule has 1 aromatic carbocycles. The van der Waals surface area contributed by atoms with Crippen molar-refractivity contribution in [1.82, 2.24) is 15.1 Å². The lowest BCUT2D eigenvalue weighted by Gasteiger charge is -2.26. The molecule has 0 atom stereocenters. The van der Waals surface area contributed by atoms with E-state index in [0.717, 1.165) is 5.56 Å². The molecule has 0 unspecified atom stereocenters. The van der Waals surface area contributed by atoms with Crippen molar-refractivity contribution in [2.75, 3.05) is 32.1 Å². The number of carbonyl (C=O) groups excluding carboxylic acids is 1. The molecule has 3 rings (SSSR count). The van der Waals surface area contributed by atoms with Crippen LogP contribution in [0.4, 0.5) is 0 Å². The molecule has 0 aliphatic carbocycles. The van der Waals surface area contributed by atoms with E-state index in [-0.39, 0.29) is 5.91 Å². The molecule has 0 spiro atoms. The van der Waals surface area contributed by atoms with Crippen LogP contribution in [-0.2, 0) is 9.53 Å². The van der Waals surface area contributed by atoms with Crippen molar-refractivity contribution in [2.45, 2.75) is 11.6 Å². The highest BCUT2D eigenvalue weighted by Crippen LogP contribution is 2.25. The normalized spacial score (nSPS) is 14.9. The smallest absolute Gasteiger partial charge is 0.276 e. The van der Waals surface area contributed by atoms with E-state index in [0.29, 0.717) is 54.6 Å². The first-order chi connectivity index (χ1) is 11.2. The Morgan fingerprint density at radius 1 is 1.30 bits per heavy atom. The minimum absolute atomic E-state index is 0.135. The summed E-state index contributed by atoms with van der Waals surface area (Å²) in [7, 11) is 0. The summed E-state index contributed by atoms with van der Waals surface area (Å²) in [5.41, 5.74) is 0.779. The van der Waals surface area contributed by atoms with Gasteiger partial charge in [-0.15, -0.1) is 10.2 Å². The van der Waals surface area contributed by atoms with Crippen molar-refractivity contribution in [3.63, 3.8) is 0 Å². The van der Waals surface area contributed by atoms with Crippen molar-refractivity contribution in [3.8, 4) is 11.5 Å². The number of nitrogens with zero attached hydrogens (tertiary/aromatic N) is 3. The van der Waals surface area contributed by atoms with E-state index < -0.39 is 0 Å². The van der Waals surface area contributed by atoms with Gasteiger partial charge in [-0.05, 0) is 18.2 Å². The molecule has 8 heteroatoms. The highest BCUT2D eigenvalue weighted by atomic mass is 35.5. The van der Waals surface area contributed by atoms with Crippen LogP contribution in [0.1, 0.15) is 6.42 Å². The molecular weight excluding hydrogens is 338 g/mol. The van der Waals surface area contributed by atoms with Crippen LogP contribution in [0.3, 0.4) is 0 Å². The van der Waals surface area contributed by atoms with E-state index >= 15 is 0 Å². The monoisotopic (exact) mass is 353 g/mol. The molecular formula is C15H16ClN3O3S. The standard InChI is InChI=1S/C15H16ClN3O3S/c16-12-3-1-2-11(10-12)14-17-18-15(22-14)23-9-4-13(20)19-5-7-21-8-6-19/h1-3,10H,4-9H2. The van der Waals surface area contributed by atoms with Crippen LogP contribution in [0.25, 0.3) is 11.5 Å². The Kier molecular flexibility index (Phi) is 5.53. The van der Waals surface area contributed by atoms with Gasteiger partial charge in [0.15, 0.2) is 0 Å². The van der Waals surface area contributed by atoms with Crippen LogP contribution < -0.4 is 0 Å². The largest absolute Gasteiger partial charge is 0.411 e. The summed E-state index contributed by atoms with van der Waals surface area (Å²) >= 11 is 7.33. The fraction of sp³-hybridized carbons (Fsp3) is 0.400. The lowest BCUT2D eigenvalue weighted by atomic mass is 10.2. The summed E-state index contributed by atoms with van der Waals surface area (Å²) in [6.45, 7) is 2.57. The number of amides is 1. The van der Waals surface area contributed by atoms with Crippen molar-refractivity contribution >= 4 is 29.3 Å². The number of benzene rings is 1. The molecule has 1 aliphatic rings. The van der Waals surface area contributed by atoms with Gasteiger partial charge < -0.3 is 14.1 Å². The fourth-order valence-electron chi connectivity index (χ4n) is 2.20. The molecule has 0 radical (unpaired) electrons. The van der Waals surface area contributed by atoms with E-state index in [1.54, 1.807) is 12.1 Å². The second-order valence-corrected chi connectivity index (χ2v) is 6.46. The molecule has 2 aromatic rings. The summed E-state index contributed by atoms with van der Waals surface area (Å²) < 4.78 is 10.8. The number of halogens is 1. The van der Waals surface area contributed by atoms with Crippen molar-refractivity contribution in [3.05, 3.63) is 29.3 Å². The van der Waals surface area contributed by atoms with Gasteiger partial charge in [-0.1, -0.05) is 29.4 Å². The topological polar surface area (TPSA) is 68.5 Å². The lowest BCUT2D eigenvalue weighted by molar-refractivity contribution is -0.134. The van der Waals surface area contributed by atoms with Gasteiger partial charge in [-0.2, -0.15) is 0 Å². The van der Waals surface area contributed by atoms with Crippen molar-refractivity contribution in [2.24, 2.45) is 0 Å². The highest BCUT2D eigenvalue weighted by Gasteiger charge is 2.17. The SMILES string of the molecule is O=C(CCSc1nnc(-c2cccc(Cl)c2)o1)N1CCOCC1. The lowest BCUT2D eigenvalue weighted by Crippen LogP contribution is -2.40. The van der Waals surface area contributed by atoms with Gasteiger partial charge in [0.25, 0.3) is 5.22 Å². The zero-order chi connectivity index (χ0) is 16.1. The second kappa shape index (κ2) is 7.81. The highest BCUT2D eigenvalue weighted by molar-refractivity contribution is 7.99. The Balaban J connectivity index is 1.50. The first kappa shape index (κ1) is 16.3. The Morgan fingerprint density at radius 2 is 2.13 bits per heavy atom. The van der Waals surface area contributed by atoms with E-state index in [1.165, 1.54) is 11.8 Å². The molecule has 1 aromatic heterocycles. The second-order valence-electron chi connectivity index (χ2n) is 4.98. The zero-order valence-electron chi connectivity index (χ0n) is 12.4. The first-order valence-corrected chi connectivity index (χ1v) is 8.66. The van der Waals surface area contributed by atoms with Gasteiger partial charge in [0.2, 0.25) is 11.8 Å². The summed E-state index contributed by atoms with van der Waals surface area (Å²) in [5, 5.41) is 9.07.